The van der Waals surface area contributed by atoms with Crippen LogP contribution >= 0.6 is 27.7 Å². The van der Waals surface area contributed by atoms with Crippen molar-refractivity contribution in [3.05, 3.63) is 57.8 Å². The predicted molar refractivity (Wildman–Crippen MR) is 114 cm³/mol. The summed E-state index contributed by atoms with van der Waals surface area (Å²) < 4.78 is 6.25. The van der Waals surface area contributed by atoms with Crippen LogP contribution in [0.3, 0.4) is 0 Å². The van der Waals surface area contributed by atoms with E-state index in [-0.39, 0.29) is 17.4 Å². The smallest absolute Gasteiger partial charge is 0.263 e. The summed E-state index contributed by atoms with van der Waals surface area (Å²) in [5.41, 5.74) is 0.924. The van der Waals surface area contributed by atoms with E-state index in [4.69, 9.17) is 4.42 Å². The summed E-state index contributed by atoms with van der Waals surface area (Å²) in [6, 6.07) is 14.1. The minimum atomic E-state index is -0.102. The van der Waals surface area contributed by atoms with E-state index in [2.05, 4.69) is 33.1 Å². The number of anilines is 1. The zero-order valence-electron chi connectivity index (χ0n) is 15.2. The Hall–Kier alpha value is -1.66. The standard InChI is InChI=1S/C21H23BrN2O2S/c1-14-7-5-6-10-17(14)24-20(25)18(13-16-11-12-19(22)26-16)27-21(24)23-15-8-3-2-4-9-15/h2-4,8-9,11-14,17,21,23H,5-7,10H2,1H3/b18-13-/t14-,17+,21?/m0/s1. The van der Waals surface area contributed by atoms with Gasteiger partial charge in [0.25, 0.3) is 5.91 Å². The lowest BCUT2D eigenvalue weighted by Crippen LogP contribution is -2.48. The number of furan rings is 1. The number of nitrogens with zero attached hydrogens (tertiary/aromatic N) is 1. The van der Waals surface area contributed by atoms with Crippen LogP contribution in [0.4, 0.5) is 5.69 Å². The second-order valence-corrected chi connectivity index (χ2v) is 9.08. The molecule has 4 nitrogen and oxygen atoms in total. The Bertz CT molecular complexity index is 836. The minimum Gasteiger partial charge on any atom is -0.450 e. The third-order valence-corrected chi connectivity index (χ3v) is 6.83. The average molecular weight is 447 g/mol. The van der Waals surface area contributed by atoms with Crippen LogP contribution in [-0.4, -0.2) is 22.3 Å². The van der Waals surface area contributed by atoms with Crippen molar-refractivity contribution >= 4 is 45.4 Å². The molecule has 0 bridgehead atoms. The lowest BCUT2D eigenvalue weighted by Gasteiger charge is -2.39. The van der Waals surface area contributed by atoms with Crippen LogP contribution in [0.5, 0.6) is 0 Å². The molecule has 0 spiro atoms. The Morgan fingerprint density at radius 1 is 1.19 bits per heavy atom. The molecular weight excluding hydrogens is 424 g/mol. The molecule has 6 heteroatoms. The normalized spacial score (nSPS) is 27.3. The van der Waals surface area contributed by atoms with Gasteiger partial charge in [0.2, 0.25) is 0 Å². The highest BCUT2D eigenvalue weighted by molar-refractivity contribution is 9.10. The van der Waals surface area contributed by atoms with Gasteiger partial charge in [0.1, 0.15) is 5.76 Å². The fraction of sp³-hybridized carbons (Fsp3) is 0.381. The predicted octanol–water partition coefficient (Wildman–Crippen LogP) is 5.93. The van der Waals surface area contributed by atoms with Crippen LogP contribution in [0, 0.1) is 5.92 Å². The van der Waals surface area contributed by atoms with Gasteiger partial charge in [-0.1, -0.05) is 49.7 Å². The molecule has 2 fully saturated rings. The minimum absolute atomic E-state index is 0.0969. The van der Waals surface area contributed by atoms with Gasteiger partial charge in [-0.05, 0) is 59.0 Å². The third-order valence-electron chi connectivity index (χ3n) is 5.29. The summed E-state index contributed by atoms with van der Waals surface area (Å²) in [7, 11) is 0. The molecule has 1 aromatic heterocycles. The molecule has 1 saturated carbocycles. The maximum Gasteiger partial charge on any atom is 0.263 e. The Kier molecular flexibility index (Phi) is 5.64. The summed E-state index contributed by atoms with van der Waals surface area (Å²) in [5.74, 6) is 1.30. The molecule has 1 saturated heterocycles. The second kappa shape index (κ2) is 8.15. The molecule has 1 unspecified atom stereocenters. The SMILES string of the molecule is C[C@H]1CCCC[C@H]1N1C(=O)/C(=C/c2ccc(Br)o2)SC1Nc1ccccc1. The van der Waals surface area contributed by atoms with Crippen molar-refractivity contribution in [2.75, 3.05) is 5.32 Å². The number of rotatable bonds is 4. The molecule has 1 amide bonds. The molecule has 1 N–H and O–H groups in total. The van der Waals surface area contributed by atoms with Gasteiger partial charge in [-0.3, -0.25) is 4.79 Å². The summed E-state index contributed by atoms with van der Waals surface area (Å²) in [6.45, 7) is 2.27. The molecular formula is C21H23BrN2O2S. The Balaban J connectivity index is 1.63. The highest BCUT2D eigenvalue weighted by Gasteiger charge is 2.43. The van der Waals surface area contributed by atoms with Crippen LogP contribution in [0.1, 0.15) is 38.4 Å². The summed E-state index contributed by atoms with van der Waals surface area (Å²) in [4.78, 5) is 16.1. The van der Waals surface area contributed by atoms with E-state index in [1.54, 1.807) is 11.8 Å². The van der Waals surface area contributed by atoms with E-state index in [0.717, 1.165) is 17.0 Å². The fourth-order valence-corrected chi connectivity index (χ4v) is 5.41. The number of hydrogen-bond acceptors (Lipinski definition) is 4. The number of hydrogen-bond donors (Lipinski definition) is 1. The van der Waals surface area contributed by atoms with Crippen molar-refractivity contribution < 1.29 is 9.21 Å². The van der Waals surface area contributed by atoms with Gasteiger partial charge in [-0.25, -0.2) is 0 Å². The number of carbonyl (C=O) groups is 1. The first kappa shape index (κ1) is 18.7. The number of benzene rings is 1. The first-order valence-corrected chi connectivity index (χ1v) is 11.1. The van der Waals surface area contributed by atoms with Gasteiger partial charge in [-0.2, -0.15) is 0 Å². The second-order valence-electron chi connectivity index (χ2n) is 7.17. The number of amides is 1. The van der Waals surface area contributed by atoms with Crippen LogP contribution in [0.2, 0.25) is 0 Å². The van der Waals surface area contributed by atoms with Crippen molar-refractivity contribution in [1.29, 1.82) is 0 Å². The molecule has 2 aliphatic rings. The molecule has 4 rings (SSSR count). The molecule has 1 aliphatic heterocycles. The third kappa shape index (κ3) is 4.11. The largest absolute Gasteiger partial charge is 0.450 e. The lowest BCUT2D eigenvalue weighted by molar-refractivity contribution is -0.129. The van der Waals surface area contributed by atoms with Crippen molar-refractivity contribution in [2.24, 2.45) is 5.92 Å². The van der Waals surface area contributed by atoms with Gasteiger partial charge in [-0.15, -0.1) is 0 Å². The van der Waals surface area contributed by atoms with E-state index < -0.39 is 0 Å². The number of halogens is 1. The van der Waals surface area contributed by atoms with E-state index >= 15 is 0 Å². The lowest BCUT2D eigenvalue weighted by atomic mass is 9.85. The summed E-state index contributed by atoms with van der Waals surface area (Å²) in [5, 5.41) is 3.55. The molecule has 0 radical (unpaired) electrons. The maximum absolute atomic E-state index is 13.3. The van der Waals surface area contributed by atoms with E-state index in [0.29, 0.717) is 16.3 Å². The molecule has 1 aliphatic carbocycles. The van der Waals surface area contributed by atoms with Gasteiger partial charge in [0.15, 0.2) is 10.2 Å². The van der Waals surface area contributed by atoms with Crippen molar-refractivity contribution in [2.45, 2.75) is 44.1 Å². The topological polar surface area (TPSA) is 45.5 Å². The fourth-order valence-electron chi connectivity index (χ4n) is 3.90. The summed E-state index contributed by atoms with van der Waals surface area (Å²) in [6.07, 6.45) is 6.55. The van der Waals surface area contributed by atoms with Crippen LogP contribution in [-0.2, 0) is 4.79 Å². The van der Waals surface area contributed by atoms with Gasteiger partial charge in [0, 0.05) is 17.8 Å². The number of para-hydroxylation sites is 1. The molecule has 1 aromatic carbocycles. The maximum atomic E-state index is 13.3. The Morgan fingerprint density at radius 2 is 1.96 bits per heavy atom. The molecule has 3 atom stereocenters. The monoisotopic (exact) mass is 446 g/mol. The molecule has 2 heterocycles. The number of thioether (sulfide) groups is 1. The van der Waals surface area contributed by atoms with E-state index in [1.807, 2.05) is 48.5 Å². The highest BCUT2D eigenvalue weighted by atomic mass is 79.9. The zero-order valence-corrected chi connectivity index (χ0v) is 17.6. The van der Waals surface area contributed by atoms with Gasteiger partial charge < -0.3 is 14.6 Å². The van der Waals surface area contributed by atoms with Crippen molar-refractivity contribution in [3.8, 4) is 0 Å². The highest BCUT2D eigenvalue weighted by Crippen LogP contribution is 2.42. The van der Waals surface area contributed by atoms with Gasteiger partial charge >= 0.3 is 0 Å². The Labute approximate surface area is 172 Å². The molecule has 2 aromatic rings. The summed E-state index contributed by atoms with van der Waals surface area (Å²) >= 11 is 4.90. The quantitative estimate of drug-likeness (QED) is 0.590. The first-order valence-electron chi connectivity index (χ1n) is 9.40. The van der Waals surface area contributed by atoms with E-state index in [1.165, 1.54) is 19.3 Å². The number of carbonyl (C=O) groups excluding carboxylic acids is 1. The van der Waals surface area contributed by atoms with Crippen LogP contribution in [0.25, 0.3) is 6.08 Å². The molecule has 27 heavy (non-hydrogen) atoms. The average Bonchev–Trinajstić information content (AvgIpc) is 3.20. The van der Waals surface area contributed by atoms with E-state index in [9.17, 15) is 4.79 Å². The van der Waals surface area contributed by atoms with Crippen molar-refractivity contribution in [1.82, 2.24) is 4.90 Å². The number of nitrogens with one attached hydrogen (secondary N) is 1. The first-order chi connectivity index (χ1) is 13.1. The molecule has 142 valence electrons. The Morgan fingerprint density at radius 3 is 2.67 bits per heavy atom. The zero-order chi connectivity index (χ0) is 18.8. The van der Waals surface area contributed by atoms with Gasteiger partial charge in [0.05, 0.1) is 4.91 Å². The van der Waals surface area contributed by atoms with Crippen molar-refractivity contribution in [3.63, 3.8) is 0 Å². The van der Waals surface area contributed by atoms with Crippen LogP contribution < -0.4 is 5.32 Å². The van der Waals surface area contributed by atoms with Crippen LogP contribution in [0.15, 0.2) is 56.5 Å².